The number of aromatic hydroxyl groups is 1. The van der Waals surface area contributed by atoms with Gasteiger partial charge in [-0.2, -0.15) is 0 Å². The van der Waals surface area contributed by atoms with Gasteiger partial charge in [-0.1, -0.05) is 12.1 Å². The van der Waals surface area contributed by atoms with E-state index in [4.69, 9.17) is 9.47 Å². The maximum atomic E-state index is 10.2. The summed E-state index contributed by atoms with van der Waals surface area (Å²) in [4.78, 5) is 7.47. The second-order valence-corrected chi connectivity index (χ2v) is 6.71. The molecule has 6 heteroatoms. The molecule has 0 saturated carbocycles. The van der Waals surface area contributed by atoms with E-state index in [1.165, 1.54) is 9.78 Å². The van der Waals surface area contributed by atoms with Crippen molar-refractivity contribution in [1.82, 2.24) is 0 Å². The molecule has 1 aromatic heterocycles. The Morgan fingerprint density at radius 3 is 2.88 bits per heavy atom. The fraction of sp³-hybridized carbons (Fsp3) is 0.389. The van der Waals surface area contributed by atoms with Crippen LogP contribution in [0.3, 0.4) is 0 Å². The molecule has 1 saturated heterocycles. The maximum Gasteiger partial charge on any atom is 0.166 e. The van der Waals surface area contributed by atoms with Gasteiger partial charge in [0.1, 0.15) is 19.1 Å². The SMILES string of the molecule is COc1cccc(C=NC[C@H](c2cccs2)[NH+]2CCOCC2)c1O. The van der Waals surface area contributed by atoms with Gasteiger partial charge in [0, 0.05) is 11.8 Å². The van der Waals surface area contributed by atoms with Gasteiger partial charge in [0.2, 0.25) is 0 Å². The molecule has 2 heterocycles. The summed E-state index contributed by atoms with van der Waals surface area (Å²) in [6, 6.07) is 10.0. The van der Waals surface area contributed by atoms with Crippen molar-refractivity contribution in [3.8, 4) is 11.5 Å². The lowest BCUT2D eigenvalue weighted by Gasteiger charge is -2.30. The Kier molecular flexibility index (Phi) is 5.85. The van der Waals surface area contributed by atoms with Crippen molar-refractivity contribution in [2.45, 2.75) is 6.04 Å². The van der Waals surface area contributed by atoms with Crippen LogP contribution >= 0.6 is 11.3 Å². The van der Waals surface area contributed by atoms with Crippen molar-refractivity contribution in [2.75, 3.05) is 40.0 Å². The van der Waals surface area contributed by atoms with Crippen LogP contribution in [-0.2, 0) is 4.74 Å². The number of methoxy groups -OCH3 is 1. The number of nitrogens with zero attached hydrogens (tertiary/aromatic N) is 1. The number of para-hydroxylation sites is 1. The van der Waals surface area contributed by atoms with E-state index < -0.39 is 0 Å². The Bertz CT molecular complexity index is 667. The predicted octanol–water partition coefficient (Wildman–Crippen LogP) is 1.54. The van der Waals surface area contributed by atoms with E-state index in [9.17, 15) is 5.11 Å². The molecule has 0 spiro atoms. The van der Waals surface area contributed by atoms with Crippen LogP contribution in [0.5, 0.6) is 11.5 Å². The molecule has 1 fully saturated rings. The van der Waals surface area contributed by atoms with Gasteiger partial charge in [0.05, 0.1) is 31.7 Å². The molecular weight excluding hydrogens is 324 g/mol. The minimum absolute atomic E-state index is 0.134. The van der Waals surface area contributed by atoms with Crippen molar-refractivity contribution in [3.05, 3.63) is 46.2 Å². The summed E-state index contributed by atoms with van der Waals surface area (Å²) in [6.45, 7) is 4.30. The third-order valence-electron chi connectivity index (χ3n) is 4.28. The normalized spacial score (nSPS) is 17.2. The molecule has 0 amide bonds. The number of aliphatic imine (C=N–C) groups is 1. The van der Waals surface area contributed by atoms with Crippen LogP contribution in [0.2, 0.25) is 0 Å². The zero-order chi connectivity index (χ0) is 16.8. The Morgan fingerprint density at radius 2 is 2.17 bits per heavy atom. The van der Waals surface area contributed by atoms with Crippen LogP contribution < -0.4 is 9.64 Å². The largest absolute Gasteiger partial charge is 0.504 e. The van der Waals surface area contributed by atoms with Crippen molar-refractivity contribution in [3.63, 3.8) is 0 Å². The highest BCUT2D eigenvalue weighted by Gasteiger charge is 2.26. The minimum atomic E-state index is 0.134. The van der Waals surface area contributed by atoms with Gasteiger partial charge in [-0.15, -0.1) is 11.3 Å². The number of thiophene rings is 1. The van der Waals surface area contributed by atoms with Crippen molar-refractivity contribution < 1.29 is 19.5 Å². The molecule has 5 nitrogen and oxygen atoms in total. The topological polar surface area (TPSA) is 55.5 Å². The van der Waals surface area contributed by atoms with Gasteiger partial charge in [-0.3, -0.25) is 4.99 Å². The van der Waals surface area contributed by atoms with Crippen LogP contribution in [-0.4, -0.2) is 51.3 Å². The third kappa shape index (κ3) is 3.95. The van der Waals surface area contributed by atoms with Crippen LogP contribution in [0, 0.1) is 0 Å². The van der Waals surface area contributed by atoms with Gasteiger partial charge < -0.3 is 19.5 Å². The fourth-order valence-electron chi connectivity index (χ4n) is 2.96. The van der Waals surface area contributed by atoms with Crippen LogP contribution in [0.25, 0.3) is 0 Å². The average molecular weight is 347 g/mol. The maximum absolute atomic E-state index is 10.2. The number of rotatable bonds is 6. The number of quaternary nitrogens is 1. The number of ether oxygens (including phenoxy) is 2. The number of hydrogen-bond donors (Lipinski definition) is 2. The first-order valence-corrected chi connectivity index (χ1v) is 8.99. The average Bonchev–Trinajstić information content (AvgIpc) is 3.15. The van der Waals surface area contributed by atoms with Gasteiger partial charge in [-0.25, -0.2) is 0 Å². The van der Waals surface area contributed by atoms with Gasteiger partial charge >= 0.3 is 0 Å². The molecule has 128 valence electrons. The van der Waals surface area contributed by atoms with Crippen LogP contribution in [0.4, 0.5) is 0 Å². The molecule has 3 rings (SSSR count). The molecule has 0 unspecified atom stereocenters. The van der Waals surface area contributed by atoms with E-state index in [1.807, 2.05) is 12.1 Å². The summed E-state index contributed by atoms with van der Waals surface area (Å²) >= 11 is 1.78. The molecule has 1 aromatic carbocycles. The van der Waals surface area contributed by atoms with Gasteiger partial charge in [0.25, 0.3) is 0 Å². The molecular formula is C18H23N2O3S+. The van der Waals surface area contributed by atoms with E-state index in [-0.39, 0.29) is 5.75 Å². The smallest absolute Gasteiger partial charge is 0.166 e. The first kappa shape index (κ1) is 17.0. The van der Waals surface area contributed by atoms with Crippen LogP contribution in [0.1, 0.15) is 16.5 Å². The monoisotopic (exact) mass is 347 g/mol. The van der Waals surface area contributed by atoms with Crippen molar-refractivity contribution in [2.24, 2.45) is 4.99 Å². The molecule has 24 heavy (non-hydrogen) atoms. The summed E-state index contributed by atoms with van der Waals surface area (Å²) in [7, 11) is 1.55. The Balaban J connectivity index is 1.73. The van der Waals surface area contributed by atoms with E-state index >= 15 is 0 Å². The summed E-state index contributed by atoms with van der Waals surface area (Å²) in [5, 5.41) is 12.3. The second-order valence-electron chi connectivity index (χ2n) is 5.73. The Labute approximate surface area is 146 Å². The number of morpholine rings is 1. The molecule has 2 N–H and O–H groups in total. The minimum Gasteiger partial charge on any atom is -0.504 e. The highest BCUT2D eigenvalue weighted by molar-refractivity contribution is 7.10. The second kappa shape index (κ2) is 8.28. The van der Waals surface area contributed by atoms with Crippen molar-refractivity contribution in [1.29, 1.82) is 0 Å². The molecule has 1 aliphatic heterocycles. The van der Waals surface area contributed by atoms with Crippen LogP contribution in [0.15, 0.2) is 40.7 Å². The number of phenols is 1. The van der Waals surface area contributed by atoms with E-state index in [1.54, 1.807) is 30.7 Å². The summed E-state index contributed by atoms with van der Waals surface area (Å²) in [6.07, 6.45) is 1.73. The van der Waals surface area contributed by atoms with E-state index in [0.29, 0.717) is 23.9 Å². The van der Waals surface area contributed by atoms with E-state index in [2.05, 4.69) is 22.5 Å². The van der Waals surface area contributed by atoms with Gasteiger partial charge in [-0.05, 0) is 23.6 Å². The number of phenolic OH excluding ortho intramolecular Hbond substituents is 1. The summed E-state index contributed by atoms with van der Waals surface area (Å²) < 4.78 is 10.6. The Hall–Kier alpha value is -1.89. The zero-order valence-electron chi connectivity index (χ0n) is 13.8. The first-order chi connectivity index (χ1) is 11.8. The standard InChI is InChI=1S/C18H22N2O3S/c1-22-16-5-2-4-14(18(16)21)12-19-13-15(17-6-3-11-24-17)20-7-9-23-10-8-20/h2-6,11-12,15,21H,7-10,13H2,1H3/p+1/t15-/m1/s1. The molecule has 2 aromatic rings. The summed E-state index contributed by atoms with van der Waals surface area (Å²) in [5.74, 6) is 0.600. The quantitative estimate of drug-likeness (QED) is 0.780. The predicted molar refractivity (Wildman–Crippen MR) is 95.7 cm³/mol. The lowest BCUT2D eigenvalue weighted by Crippen LogP contribution is -3.14. The van der Waals surface area contributed by atoms with Gasteiger partial charge in [0.15, 0.2) is 11.5 Å². The first-order valence-electron chi connectivity index (χ1n) is 8.11. The van der Waals surface area contributed by atoms with Crippen molar-refractivity contribution >= 4 is 17.6 Å². The lowest BCUT2D eigenvalue weighted by atomic mass is 10.1. The molecule has 1 aliphatic rings. The Morgan fingerprint density at radius 1 is 1.33 bits per heavy atom. The fourth-order valence-corrected chi connectivity index (χ4v) is 3.83. The summed E-state index contributed by atoms with van der Waals surface area (Å²) in [5.41, 5.74) is 0.677. The highest BCUT2D eigenvalue weighted by Crippen LogP contribution is 2.28. The third-order valence-corrected chi connectivity index (χ3v) is 5.27. The molecule has 0 bridgehead atoms. The van der Waals surface area contributed by atoms with E-state index in [0.717, 1.165) is 26.3 Å². The molecule has 0 radical (unpaired) electrons. The lowest BCUT2D eigenvalue weighted by molar-refractivity contribution is -0.937. The number of hydrogen-bond acceptors (Lipinski definition) is 5. The zero-order valence-corrected chi connectivity index (χ0v) is 14.6. The molecule has 0 aliphatic carbocycles. The number of nitrogens with one attached hydrogen (secondary N) is 1. The molecule has 1 atom stereocenters. The number of benzene rings is 1. The highest BCUT2D eigenvalue weighted by atomic mass is 32.1.